The van der Waals surface area contributed by atoms with Crippen molar-refractivity contribution in [3.63, 3.8) is 0 Å². The summed E-state index contributed by atoms with van der Waals surface area (Å²) >= 11 is 1.90. The van der Waals surface area contributed by atoms with E-state index in [0.29, 0.717) is 5.56 Å². The summed E-state index contributed by atoms with van der Waals surface area (Å²) in [7, 11) is 1.69. The van der Waals surface area contributed by atoms with Gasteiger partial charge in [-0.15, -0.1) is 0 Å². The van der Waals surface area contributed by atoms with Crippen molar-refractivity contribution >= 4 is 29.3 Å². The molecule has 3 rings (SSSR count). The maximum Gasteiger partial charge on any atom is 0.254 e. The fourth-order valence-electron chi connectivity index (χ4n) is 3.23. The molecular weight excluding hydrogens is 356 g/mol. The van der Waals surface area contributed by atoms with Gasteiger partial charge in [-0.3, -0.25) is 9.59 Å². The van der Waals surface area contributed by atoms with E-state index < -0.39 is 0 Å². The Bertz CT molecular complexity index is 805. The Balaban J connectivity index is 1.84. The standard InChI is InChI=1S/C22H24N2O2S/c1-3-21(25)23(2)19-12-10-18(11-13-19)22(26)24-14-7-15-27-16-20(24)17-8-5-4-6-9-17/h3-6,8-13,20H,1,7,14-16H2,2H3. The largest absolute Gasteiger partial charge is 0.331 e. The van der Waals surface area contributed by atoms with E-state index >= 15 is 0 Å². The zero-order chi connectivity index (χ0) is 19.2. The molecule has 1 heterocycles. The van der Waals surface area contributed by atoms with Crippen LogP contribution in [0.3, 0.4) is 0 Å². The summed E-state index contributed by atoms with van der Waals surface area (Å²) in [6, 6.07) is 17.5. The molecule has 4 nitrogen and oxygen atoms in total. The van der Waals surface area contributed by atoms with E-state index in [1.165, 1.54) is 16.5 Å². The van der Waals surface area contributed by atoms with Crippen LogP contribution in [0.2, 0.25) is 0 Å². The monoisotopic (exact) mass is 380 g/mol. The van der Waals surface area contributed by atoms with Crippen molar-refractivity contribution in [3.05, 3.63) is 78.4 Å². The van der Waals surface area contributed by atoms with Crippen molar-refractivity contribution in [2.75, 3.05) is 30.0 Å². The minimum atomic E-state index is -0.178. The normalized spacial score (nSPS) is 17.1. The third-order valence-electron chi connectivity index (χ3n) is 4.79. The van der Waals surface area contributed by atoms with Crippen molar-refractivity contribution in [2.45, 2.75) is 12.5 Å². The Hall–Kier alpha value is -2.53. The summed E-state index contributed by atoms with van der Waals surface area (Å²) < 4.78 is 0. The third kappa shape index (κ3) is 4.42. The molecule has 0 spiro atoms. The highest BCUT2D eigenvalue weighted by Gasteiger charge is 2.27. The minimum absolute atomic E-state index is 0.0376. The summed E-state index contributed by atoms with van der Waals surface area (Å²) in [6.07, 6.45) is 2.27. The van der Waals surface area contributed by atoms with Crippen LogP contribution in [0.1, 0.15) is 28.4 Å². The molecule has 0 radical (unpaired) electrons. The first-order chi connectivity index (χ1) is 13.1. The van der Waals surface area contributed by atoms with E-state index in [9.17, 15) is 9.59 Å². The summed E-state index contributed by atoms with van der Waals surface area (Å²) in [5.74, 6) is 1.84. The van der Waals surface area contributed by atoms with Crippen LogP contribution >= 0.6 is 11.8 Å². The Labute approximate surface area is 164 Å². The first-order valence-corrected chi connectivity index (χ1v) is 10.2. The van der Waals surface area contributed by atoms with Crippen LogP contribution in [-0.2, 0) is 4.79 Å². The minimum Gasteiger partial charge on any atom is -0.331 e. The van der Waals surface area contributed by atoms with Crippen LogP contribution < -0.4 is 4.90 Å². The Morgan fingerprint density at radius 3 is 2.52 bits per heavy atom. The number of carbonyl (C=O) groups excluding carboxylic acids is 2. The quantitative estimate of drug-likeness (QED) is 0.748. The predicted molar refractivity (Wildman–Crippen MR) is 112 cm³/mol. The van der Waals surface area contributed by atoms with Crippen LogP contribution in [0.15, 0.2) is 67.3 Å². The molecule has 2 amide bonds. The second-order valence-corrected chi connectivity index (χ2v) is 7.65. The van der Waals surface area contributed by atoms with Gasteiger partial charge in [-0.2, -0.15) is 11.8 Å². The summed E-state index contributed by atoms with van der Waals surface area (Å²) in [5, 5.41) is 0. The van der Waals surface area contributed by atoms with Gasteiger partial charge in [-0.25, -0.2) is 0 Å². The molecule has 0 N–H and O–H groups in total. The van der Waals surface area contributed by atoms with Gasteiger partial charge in [0.25, 0.3) is 5.91 Å². The zero-order valence-electron chi connectivity index (χ0n) is 15.5. The molecule has 0 aliphatic carbocycles. The van der Waals surface area contributed by atoms with Gasteiger partial charge in [-0.1, -0.05) is 36.9 Å². The molecule has 2 aromatic rings. The number of anilines is 1. The van der Waals surface area contributed by atoms with E-state index in [4.69, 9.17) is 0 Å². The van der Waals surface area contributed by atoms with Crippen molar-refractivity contribution in [1.82, 2.24) is 4.90 Å². The van der Waals surface area contributed by atoms with Gasteiger partial charge in [0.15, 0.2) is 0 Å². The number of rotatable bonds is 4. The lowest BCUT2D eigenvalue weighted by Crippen LogP contribution is -2.36. The van der Waals surface area contributed by atoms with Gasteiger partial charge in [0.1, 0.15) is 0 Å². The fraction of sp³-hybridized carbons (Fsp3) is 0.273. The van der Waals surface area contributed by atoms with E-state index in [-0.39, 0.29) is 17.9 Å². The Kier molecular flexibility index (Phi) is 6.35. The molecule has 5 heteroatoms. The molecule has 27 heavy (non-hydrogen) atoms. The molecule has 1 unspecified atom stereocenters. The summed E-state index contributed by atoms with van der Waals surface area (Å²) in [4.78, 5) is 28.5. The average molecular weight is 381 g/mol. The van der Waals surface area contributed by atoms with E-state index in [1.54, 1.807) is 31.3 Å². The number of nitrogens with zero attached hydrogens (tertiary/aromatic N) is 2. The molecule has 1 atom stereocenters. The van der Waals surface area contributed by atoms with Gasteiger partial charge >= 0.3 is 0 Å². The summed E-state index contributed by atoms with van der Waals surface area (Å²) in [5.41, 5.74) is 2.56. The number of hydrogen-bond donors (Lipinski definition) is 0. The SMILES string of the molecule is C=CC(=O)N(C)c1ccc(C(=O)N2CCCSCC2c2ccccc2)cc1. The highest BCUT2D eigenvalue weighted by molar-refractivity contribution is 7.99. The van der Waals surface area contributed by atoms with Gasteiger partial charge in [-0.05, 0) is 48.1 Å². The lowest BCUT2D eigenvalue weighted by Gasteiger charge is -2.30. The number of hydrogen-bond acceptors (Lipinski definition) is 3. The molecule has 2 aromatic carbocycles. The number of thioether (sulfide) groups is 1. The lowest BCUT2D eigenvalue weighted by atomic mass is 10.0. The second kappa shape index (κ2) is 8.91. The molecule has 0 saturated carbocycles. The fourth-order valence-corrected chi connectivity index (χ4v) is 4.33. The first kappa shape index (κ1) is 19.2. The number of benzene rings is 2. The number of carbonyl (C=O) groups is 2. The Morgan fingerprint density at radius 1 is 1.15 bits per heavy atom. The molecule has 1 aliphatic rings. The zero-order valence-corrected chi connectivity index (χ0v) is 16.3. The van der Waals surface area contributed by atoms with Crippen molar-refractivity contribution in [2.24, 2.45) is 0 Å². The average Bonchev–Trinajstić information content (AvgIpc) is 2.99. The van der Waals surface area contributed by atoms with Gasteiger partial charge in [0.05, 0.1) is 6.04 Å². The number of likely N-dealkylation sites (N-methyl/N-ethyl adjacent to an activating group) is 1. The molecule has 0 bridgehead atoms. The van der Waals surface area contributed by atoms with E-state index in [2.05, 4.69) is 18.7 Å². The molecule has 1 fully saturated rings. The van der Waals surface area contributed by atoms with Gasteiger partial charge in [0.2, 0.25) is 5.91 Å². The maximum atomic E-state index is 13.2. The molecule has 1 saturated heterocycles. The highest BCUT2D eigenvalue weighted by atomic mass is 32.2. The number of amides is 2. The van der Waals surface area contributed by atoms with Gasteiger partial charge < -0.3 is 9.80 Å². The lowest BCUT2D eigenvalue weighted by molar-refractivity contribution is -0.113. The second-order valence-electron chi connectivity index (χ2n) is 6.50. The van der Waals surface area contributed by atoms with Gasteiger partial charge in [0, 0.05) is 30.6 Å². The molecule has 1 aliphatic heterocycles. The molecular formula is C22H24N2O2S. The topological polar surface area (TPSA) is 40.6 Å². The molecule has 0 aromatic heterocycles. The van der Waals surface area contributed by atoms with Crippen LogP contribution in [0.5, 0.6) is 0 Å². The third-order valence-corrected chi connectivity index (χ3v) is 5.92. The van der Waals surface area contributed by atoms with Crippen LogP contribution in [0.25, 0.3) is 0 Å². The molecule has 140 valence electrons. The Morgan fingerprint density at radius 2 is 1.85 bits per heavy atom. The first-order valence-electron chi connectivity index (χ1n) is 9.05. The van der Waals surface area contributed by atoms with E-state index in [0.717, 1.165) is 30.2 Å². The highest BCUT2D eigenvalue weighted by Crippen LogP contribution is 2.30. The van der Waals surface area contributed by atoms with Crippen molar-refractivity contribution in [1.29, 1.82) is 0 Å². The predicted octanol–water partition coefficient (Wildman–Crippen LogP) is 4.16. The van der Waals surface area contributed by atoms with Crippen LogP contribution in [-0.4, -0.2) is 41.8 Å². The summed E-state index contributed by atoms with van der Waals surface area (Å²) in [6.45, 7) is 4.26. The smallest absolute Gasteiger partial charge is 0.254 e. The van der Waals surface area contributed by atoms with Crippen molar-refractivity contribution < 1.29 is 9.59 Å². The maximum absolute atomic E-state index is 13.2. The van der Waals surface area contributed by atoms with E-state index in [1.807, 2.05) is 34.9 Å². The van der Waals surface area contributed by atoms with Crippen molar-refractivity contribution in [3.8, 4) is 0 Å². The van der Waals surface area contributed by atoms with Crippen LogP contribution in [0, 0.1) is 0 Å². The van der Waals surface area contributed by atoms with Crippen LogP contribution in [0.4, 0.5) is 5.69 Å².